The van der Waals surface area contributed by atoms with Crippen molar-refractivity contribution < 1.29 is 13.7 Å². The van der Waals surface area contributed by atoms with Gasteiger partial charge in [-0.2, -0.15) is 0 Å². The van der Waals surface area contributed by atoms with E-state index in [0.29, 0.717) is 40.6 Å². The van der Waals surface area contributed by atoms with E-state index in [1.165, 1.54) is 4.90 Å². The summed E-state index contributed by atoms with van der Waals surface area (Å²) in [4.78, 5) is 19.0. The van der Waals surface area contributed by atoms with Crippen LogP contribution in [0.15, 0.2) is 45.3 Å². The lowest BCUT2D eigenvalue weighted by molar-refractivity contribution is 0.0774. The molecule has 0 radical (unpaired) electrons. The van der Waals surface area contributed by atoms with Crippen LogP contribution in [-0.2, 0) is 13.0 Å². The summed E-state index contributed by atoms with van der Waals surface area (Å²) < 4.78 is 11.0. The molecule has 0 aliphatic heterocycles. The molecule has 4 rings (SSSR count). The van der Waals surface area contributed by atoms with E-state index in [9.17, 15) is 4.79 Å². The molecule has 0 spiro atoms. The van der Waals surface area contributed by atoms with Crippen molar-refractivity contribution in [3.8, 4) is 11.5 Å². The third-order valence-corrected chi connectivity index (χ3v) is 4.47. The second-order valence-electron chi connectivity index (χ2n) is 6.49. The molecule has 8 nitrogen and oxygen atoms in total. The van der Waals surface area contributed by atoms with Crippen LogP contribution in [0.1, 0.15) is 34.6 Å². The minimum Gasteiger partial charge on any atom is -0.419 e. The molecule has 1 amide bonds. The zero-order valence-corrected chi connectivity index (χ0v) is 15.8. The summed E-state index contributed by atoms with van der Waals surface area (Å²) in [6.45, 7) is 3.95. The highest BCUT2D eigenvalue weighted by Gasteiger charge is 2.22. The van der Waals surface area contributed by atoms with Gasteiger partial charge in [0.15, 0.2) is 0 Å². The van der Waals surface area contributed by atoms with E-state index in [0.717, 1.165) is 11.3 Å². The molecular weight excluding hydrogens is 358 g/mol. The number of hydrogen-bond acceptors (Lipinski definition) is 7. The summed E-state index contributed by atoms with van der Waals surface area (Å²) in [5, 5.41) is 12.7. The Kier molecular flexibility index (Phi) is 4.60. The van der Waals surface area contributed by atoms with Crippen LogP contribution in [0.3, 0.4) is 0 Å². The molecule has 0 bridgehead atoms. The molecule has 0 N–H and O–H groups in total. The van der Waals surface area contributed by atoms with Crippen molar-refractivity contribution in [3.05, 3.63) is 59.2 Å². The maximum atomic E-state index is 13.1. The van der Waals surface area contributed by atoms with Gasteiger partial charge < -0.3 is 13.8 Å². The van der Waals surface area contributed by atoms with Gasteiger partial charge in [0.2, 0.25) is 11.8 Å². The van der Waals surface area contributed by atoms with Gasteiger partial charge in [0.1, 0.15) is 0 Å². The summed E-state index contributed by atoms with van der Waals surface area (Å²) >= 11 is 0. The molecule has 0 aliphatic rings. The Morgan fingerprint density at radius 1 is 1.18 bits per heavy atom. The first kappa shape index (κ1) is 17.8. The van der Waals surface area contributed by atoms with Gasteiger partial charge in [-0.3, -0.25) is 4.79 Å². The van der Waals surface area contributed by atoms with E-state index in [1.807, 2.05) is 37.3 Å². The number of benzene rings is 1. The predicted octanol–water partition coefficient (Wildman–Crippen LogP) is 3.42. The summed E-state index contributed by atoms with van der Waals surface area (Å²) in [5.74, 6) is 0.594. The molecule has 0 fully saturated rings. The van der Waals surface area contributed by atoms with Crippen LogP contribution in [0.25, 0.3) is 22.6 Å². The second kappa shape index (κ2) is 7.22. The van der Waals surface area contributed by atoms with E-state index < -0.39 is 0 Å². The van der Waals surface area contributed by atoms with Gasteiger partial charge in [0.25, 0.3) is 11.6 Å². The Morgan fingerprint density at radius 3 is 2.71 bits per heavy atom. The molecule has 1 aromatic carbocycles. The molecule has 0 saturated heterocycles. The molecule has 0 atom stereocenters. The lowest BCUT2D eigenvalue weighted by Crippen LogP contribution is -2.27. The predicted molar refractivity (Wildman–Crippen MR) is 101 cm³/mol. The number of pyridine rings is 1. The molecule has 142 valence electrons. The van der Waals surface area contributed by atoms with Gasteiger partial charge in [-0.1, -0.05) is 30.3 Å². The van der Waals surface area contributed by atoms with Crippen LogP contribution in [0.5, 0.6) is 0 Å². The standard InChI is InChI=1S/C20H19N5O3/c1-4-14-10-15(17-12(2)24-28-19(17)21-14)20(26)25(3)11-16-22-23-18(27-16)13-8-6-5-7-9-13/h5-10H,4,11H2,1-3H3. The van der Waals surface area contributed by atoms with Gasteiger partial charge in [0.05, 0.1) is 23.2 Å². The number of hydrogen-bond donors (Lipinski definition) is 0. The maximum absolute atomic E-state index is 13.1. The average molecular weight is 377 g/mol. The number of fused-ring (bicyclic) bond motifs is 1. The third kappa shape index (κ3) is 3.24. The summed E-state index contributed by atoms with van der Waals surface area (Å²) in [7, 11) is 1.69. The van der Waals surface area contributed by atoms with Crippen LogP contribution in [0, 0.1) is 6.92 Å². The van der Waals surface area contributed by atoms with Gasteiger partial charge >= 0.3 is 0 Å². The van der Waals surface area contributed by atoms with Crippen molar-refractivity contribution in [2.75, 3.05) is 7.05 Å². The van der Waals surface area contributed by atoms with Crippen LogP contribution in [0.2, 0.25) is 0 Å². The smallest absolute Gasteiger partial charge is 0.258 e. The number of aryl methyl sites for hydroxylation is 2. The number of rotatable bonds is 5. The molecule has 28 heavy (non-hydrogen) atoms. The Labute approximate surface area is 161 Å². The van der Waals surface area contributed by atoms with Crippen LogP contribution in [-0.4, -0.2) is 38.2 Å². The molecule has 0 aliphatic carbocycles. The first-order chi connectivity index (χ1) is 13.6. The van der Waals surface area contributed by atoms with Gasteiger partial charge in [-0.15, -0.1) is 10.2 Å². The number of nitrogens with zero attached hydrogens (tertiary/aromatic N) is 5. The van der Waals surface area contributed by atoms with Crippen molar-refractivity contribution >= 4 is 17.0 Å². The number of carbonyl (C=O) groups is 1. The van der Waals surface area contributed by atoms with E-state index in [1.54, 1.807) is 20.0 Å². The summed E-state index contributed by atoms with van der Waals surface area (Å²) in [6.07, 6.45) is 0.684. The fourth-order valence-electron chi connectivity index (χ4n) is 2.99. The molecule has 4 aromatic rings. The third-order valence-electron chi connectivity index (χ3n) is 4.47. The van der Waals surface area contributed by atoms with Crippen LogP contribution in [0.4, 0.5) is 0 Å². The fourth-order valence-corrected chi connectivity index (χ4v) is 2.99. The molecule has 0 unspecified atom stereocenters. The van der Waals surface area contributed by atoms with Gasteiger partial charge in [0, 0.05) is 18.3 Å². The van der Waals surface area contributed by atoms with E-state index >= 15 is 0 Å². The summed E-state index contributed by atoms with van der Waals surface area (Å²) in [5.41, 5.74) is 3.11. The lowest BCUT2D eigenvalue weighted by atomic mass is 10.1. The van der Waals surface area contributed by atoms with Crippen molar-refractivity contribution in [1.29, 1.82) is 0 Å². The number of amides is 1. The second-order valence-corrected chi connectivity index (χ2v) is 6.49. The van der Waals surface area contributed by atoms with Crippen molar-refractivity contribution in [2.24, 2.45) is 0 Å². The normalized spacial score (nSPS) is 11.1. The van der Waals surface area contributed by atoms with Crippen LogP contribution >= 0.6 is 0 Å². The lowest BCUT2D eigenvalue weighted by Gasteiger charge is -2.16. The largest absolute Gasteiger partial charge is 0.419 e. The molecule has 3 heterocycles. The van der Waals surface area contributed by atoms with Crippen LogP contribution < -0.4 is 0 Å². The molecule has 3 aromatic heterocycles. The minimum absolute atomic E-state index is 0.187. The first-order valence-corrected chi connectivity index (χ1v) is 8.96. The maximum Gasteiger partial charge on any atom is 0.258 e. The number of carbonyl (C=O) groups excluding carboxylic acids is 1. The average Bonchev–Trinajstić information content (AvgIpc) is 3.34. The van der Waals surface area contributed by atoms with E-state index in [2.05, 4.69) is 20.3 Å². The van der Waals surface area contributed by atoms with Crippen molar-refractivity contribution in [3.63, 3.8) is 0 Å². The Morgan fingerprint density at radius 2 is 1.96 bits per heavy atom. The molecule has 8 heteroatoms. The quantitative estimate of drug-likeness (QED) is 0.525. The Balaban J connectivity index is 1.60. The van der Waals surface area contributed by atoms with Gasteiger partial charge in [-0.25, -0.2) is 4.98 Å². The Hall–Kier alpha value is -3.55. The number of aromatic nitrogens is 4. The minimum atomic E-state index is -0.187. The summed E-state index contributed by atoms with van der Waals surface area (Å²) in [6, 6.07) is 11.3. The van der Waals surface area contributed by atoms with Gasteiger partial charge in [-0.05, 0) is 31.5 Å². The van der Waals surface area contributed by atoms with Crippen molar-refractivity contribution in [2.45, 2.75) is 26.8 Å². The van der Waals surface area contributed by atoms with Crippen molar-refractivity contribution in [1.82, 2.24) is 25.2 Å². The monoisotopic (exact) mass is 377 g/mol. The highest BCUT2D eigenvalue weighted by Crippen LogP contribution is 2.24. The topological polar surface area (TPSA) is 98.2 Å². The van der Waals surface area contributed by atoms with E-state index in [4.69, 9.17) is 8.94 Å². The molecule has 0 saturated carbocycles. The highest BCUT2D eigenvalue weighted by atomic mass is 16.5. The fraction of sp³-hybridized carbons (Fsp3) is 0.250. The highest BCUT2D eigenvalue weighted by molar-refractivity contribution is 6.05. The SMILES string of the molecule is CCc1cc(C(=O)N(C)Cc2nnc(-c3ccccc3)o2)c2c(C)noc2n1. The first-order valence-electron chi connectivity index (χ1n) is 8.96. The molecular formula is C20H19N5O3. The Bertz CT molecular complexity index is 1130. The zero-order chi connectivity index (χ0) is 19.7. The zero-order valence-electron chi connectivity index (χ0n) is 15.8. The van der Waals surface area contributed by atoms with E-state index in [-0.39, 0.29) is 12.5 Å².